The van der Waals surface area contributed by atoms with Gasteiger partial charge in [-0.1, -0.05) is 25.4 Å². The molecule has 0 aromatic carbocycles. The van der Waals surface area contributed by atoms with Crippen molar-refractivity contribution in [3.63, 3.8) is 0 Å². The predicted molar refractivity (Wildman–Crippen MR) is 62.1 cm³/mol. The van der Waals surface area contributed by atoms with Crippen molar-refractivity contribution in [2.75, 3.05) is 5.75 Å². The number of rotatable bonds is 3. The van der Waals surface area contributed by atoms with Crippen molar-refractivity contribution in [2.24, 2.45) is 5.92 Å². The topological polar surface area (TPSA) is 25.8 Å². The van der Waals surface area contributed by atoms with Gasteiger partial charge in [0.15, 0.2) is 5.15 Å². The van der Waals surface area contributed by atoms with Gasteiger partial charge in [0.1, 0.15) is 5.03 Å². The van der Waals surface area contributed by atoms with Crippen LogP contribution < -0.4 is 0 Å². The Kier molecular flexibility index (Phi) is 4.20. The van der Waals surface area contributed by atoms with Gasteiger partial charge in [0, 0.05) is 5.75 Å². The SMILES string of the molecule is Cc1nc(Cl)c(SCC(C)C)nc1C. The van der Waals surface area contributed by atoms with Crippen LogP contribution in [-0.2, 0) is 0 Å². The van der Waals surface area contributed by atoms with Gasteiger partial charge in [-0.3, -0.25) is 0 Å². The fraction of sp³-hybridized carbons (Fsp3) is 0.600. The van der Waals surface area contributed by atoms with Gasteiger partial charge in [0.2, 0.25) is 0 Å². The maximum absolute atomic E-state index is 5.99. The summed E-state index contributed by atoms with van der Waals surface area (Å²) >= 11 is 7.66. The molecule has 1 aromatic heterocycles. The van der Waals surface area contributed by atoms with Crippen LogP contribution in [0.3, 0.4) is 0 Å². The number of hydrogen-bond donors (Lipinski definition) is 0. The first kappa shape index (κ1) is 11.8. The molecule has 0 saturated carbocycles. The highest BCUT2D eigenvalue weighted by atomic mass is 35.5. The molecular formula is C10H15ClN2S. The van der Waals surface area contributed by atoms with Crippen molar-refractivity contribution < 1.29 is 0 Å². The molecule has 78 valence electrons. The molecule has 4 heteroatoms. The zero-order chi connectivity index (χ0) is 10.7. The molecule has 0 aliphatic carbocycles. The van der Waals surface area contributed by atoms with Crippen molar-refractivity contribution >= 4 is 23.4 Å². The molecule has 0 aliphatic rings. The molecule has 2 nitrogen and oxygen atoms in total. The monoisotopic (exact) mass is 230 g/mol. The van der Waals surface area contributed by atoms with E-state index < -0.39 is 0 Å². The van der Waals surface area contributed by atoms with Crippen LogP contribution in [0.25, 0.3) is 0 Å². The van der Waals surface area contributed by atoms with Gasteiger partial charge in [-0.25, -0.2) is 9.97 Å². The third-order valence-corrected chi connectivity index (χ3v) is 3.56. The molecule has 1 heterocycles. The van der Waals surface area contributed by atoms with Crippen LogP contribution in [0.1, 0.15) is 25.2 Å². The predicted octanol–water partition coefficient (Wildman–Crippen LogP) is 3.49. The standard InChI is InChI=1S/C10H15ClN2S/c1-6(2)5-14-10-9(11)12-7(3)8(4)13-10/h6H,5H2,1-4H3. The summed E-state index contributed by atoms with van der Waals surface area (Å²) in [5, 5.41) is 1.38. The normalized spacial score (nSPS) is 11.0. The summed E-state index contributed by atoms with van der Waals surface area (Å²) in [5.41, 5.74) is 1.87. The van der Waals surface area contributed by atoms with E-state index in [2.05, 4.69) is 23.8 Å². The van der Waals surface area contributed by atoms with Crippen LogP contribution in [-0.4, -0.2) is 15.7 Å². The fourth-order valence-corrected chi connectivity index (χ4v) is 2.08. The van der Waals surface area contributed by atoms with E-state index in [0.717, 1.165) is 22.2 Å². The summed E-state index contributed by atoms with van der Waals surface area (Å²) < 4.78 is 0. The van der Waals surface area contributed by atoms with Crippen molar-refractivity contribution in [1.29, 1.82) is 0 Å². The lowest BCUT2D eigenvalue weighted by Gasteiger charge is -2.07. The molecule has 0 aliphatic heterocycles. The first-order valence-electron chi connectivity index (χ1n) is 4.64. The van der Waals surface area contributed by atoms with Crippen LogP contribution in [0.15, 0.2) is 5.03 Å². The van der Waals surface area contributed by atoms with E-state index in [9.17, 15) is 0 Å². The average Bonchev–Trinajstić information content (AvgIpc) is 2.09. The minimum absolute atomic E-state index is 0.527. The first-order chi connectivity index (χ1) is 6.50. The third kappa shape index (κ3) is 3.14. The molecule has 0 fully saturated rings. The van der Waals surface area contributed by atoms with Gasteiger partial charge in [-0.15, -0.1) is 11.8 Å². The van der Waals surface area contributed by atoms with E-state index in [-0.39, 0.29) is 0 Å². The molecule has 0 bridgehead atoms. The van der Waals surface area contributed by atoms with Crippen LogP contribution in [0, 0.1) is 19.8 Å². The molecule has 1 rings (SSSR count). The van der Waals surface area contributed by atoms with E-state index in [1.54, 1.807) is 11.8 Å². The quantitative estimate of drug-likeness (QED) is 0.744. The number of aryl methyl sites for hydroxylation is 2. The van der Waals surface area contributed by atoms with E-state index in [1.165, 1.54) is 0 Å². The molecule has 0 spiro atoms. The van der Waals surface area contributed by atoms with Gasteiger partial charge < -0.3 is 0 Å². The van der Waals surface area contributed by atoms with Gasteiger partial charge in [-0.05, 0) is 19.8 Å². The number of aromatic nitrogens is 2. The maximum Gasteiger partial charge on any atom is 0.161 e. The van der Waals surface area contributed by atoms with E-state index in [1.807, 2.05) is 13.8 Å². The molecule has 1 aromatic rings. The van der Waals surface area contributed by atoms with Gasteiger partial charge in [-0.2, -0.15) is 0 Å². The highest BCUT2D eigenvalue weighted by Gasteiger charge is 2.08. The Hall–Kier alpha value is -0.280. The lowest BCUT2D eigenvalue weighted by atomic mass is 10.3. The van der Waals surface area contributed by atoms with Gasteiger partial charge in [0.05, 0.1) is 11.4 Å². The number of hydrogen-bond acceptors (Lipinski definition) is 3. The third-order valence-electron chi connectivity index (χ3n) is 1.79. The Morgan fingerprint density at radius 3 is 2.36 bits per heavy atom. The summed E-state index contributed by atoms with van der Waals surface area (Å²) in [6.45, 7) is 8.23. The maximum atomic E-state index is 5.99. The highest BCUT2D eigenvalue weighted by Crippen LogP contribution is 2.25. The molecular weight excluding hydrogens is 216 g/mol. The lowest BCUT2D eigenvalue weighted by Crippen LogP contribution is -1.97. The van der Waals surface area contributed by atoms with E-state index in [4.69, 9.17) is 11.6 Å². The average molecular weight is 231 g/mol. The molecule has 0 unspecified atom stereocenters. The Morgan fingerprint density at radius 2 is 1.79 bits per heavy atom. The zero-order valence-electron chi connectivity index (χ0n) is 8.97. The molecule has 0 N–H and O–H groups in total. The second-order valence-corrected chi connectivity index (χ2v) is 5.06. The lowest BCUT2D eigenvalue weighted by molar-refractivity contribution is 0.749. The molecule has 0 saturated heterocycles. The molecule has 0 radical (unpaired) electrons. The Balaban J connectivity index is 2.82. The van der Waals surface area contributed by atoms with Crippen molar-refractivity contribution in [2.45, 2.75) is 32.7 Å². The second kappa shape index (κ2) is 4.99. The minimum atomic E-state index is 0.527. The Morgan fingerprint density at radius 1 is 1.21 bits per heavy atom. The van der Waals surface area contributed by atoms with Crippen LogP contribution in [0.4, 0.5) is 0 Å². The summed E-state index contributed by atoms with van der Waals surface area (Å²) in [6.07, 6.45) is 0. The van der Waals surface area contributed by atoms with Crippen molar-refractivity contribution in [1.82, 2.24) is 9.97 Å². The summed E-state index contributed by atoms with van der Waals surface area (Å²) in [7, 11) is 0. The number of nitrogens with zero attached hydrogens (tertiary/aromatic N) is 2. The van der Waals surface area contributed by atoms with E-state index >= 15 is 0 Å². The number of halogens is 1. The summed E-state index contributed by atoms with van der Waals surface area (Å²) in [6, 6.07) is 0. The smallest absolute Gasteiger partial charge is 0.161 e. The van der Waals surface area contributed by atoms with E-state index in [0.29, 0.717) is 11.1 Å². The Labute approximate surface area is 94.5 Å². The van der Waals surface area contributed by atoms with Crippen LogP contribution >= 0.6 is 23.4 Å². The van der Waals surface area contributed by atoms with Gasteiger partial charge >= 0.3 is 0 Å². The summed E-state index contributed by atoms with van der Waals surface area (Å²) in [5.74, 6) is 1.66. The fourth-order valence-electron chi connectivity index (χ4n) is 0.893. The van der Waals surface area contributed by atoms with Crippen LogP contribution in [0.2, 0.25) is 5.15 Å². The first-order valence-corrected chi connectivity index (χ1v) is 6.00. The highest BCUT2D eigenvalue weighted by molar-refractivity contribution is 7.99. The van der Waals surface area contributed by atoms with Crippen molar-refractivity contribution in [3.05, 3.63) is 16.5 Å². The van der Waals surface area contributed by atoms with Gasteiger partial charge in [0.25, 0.3) is 0 Å². The molecule has 14 heavy (non-hydrogen) atoms. The Bertz CT molecular complexity index is 326. The van der Waals surface area contributed by atoms with Crippen molar-refractivity contribution in [3.8, 4) is 0 Å². The largest absolute Gasteiger partial charge is 0.242 e. The molecule has 0 atom stereocenters. The second-order valence-electron chi connectivity index (χ2n) is 3.70. The zero-order valence-corrected chi connectivity index (χ0v) is 10.5. The number of thioether (sulfide) groups is 1. The minimum Gasteiger partial charge on any atom is -0.242 e. The van der Waals surface area contributed by atoms with Crippen LogP contribution in [0.5, 0.6) is 0 Å². The summed E-state index contributed by atoms with van der Waals surface area (Å²) in [4.78, 5) is 8.65. The molecule has 0 amide bonds.